The van der Waals surface area contributed by atoms with Crippen LogP contribution in [0.2, 0.25) is 0 Å². The average molecular weight is 369 g/mol. The van der Waals surface area contributed by atoms with Gasteiger partial charge in [-0.1, -0.05) is 12.8 Å². The lowest BCUT2D eigenvalue weighted by atomic mass is 9.97. The van der Waals surface area contributed by atoms with Crippen LogP contribution in [0, 0.1) is 13.8 Å². The fourth-order valence-corrected chi connectivity index (χ4v) is 4.80. The number of carbonyl (C=O) groups is 1. The van der Waals surface area contributed by atoms with Crippen LogP contribution in [0.15, 0.2) is 17.6 Å². The Morgan fingerprint density at radius 3 is 2.73 bits per heavy atom. The summed E-state index contributed by atoms with van der Waals surface area (Å²) >= 11 is 1.64. The summed E-state index contributed by atoms with van der Waals surface area (Å²) in [5.74, 6) is -0.0732. The zero-order valence-corrected chi connectivity index (χ0v) is 16.2. The van der Waals surface area contributed by atoms with Gasteiger partial charge in [0.15, 0.2) is 5.65 Å². The fourth-order valence-electron chi connectivity index (χ4n) is 3.79. The molecule has 1 N–H and O–H groups in total. The van der Waals surface area contributed by atoms with E-state index in [0.717, 1.165) is 59.7 Å². The van der Waals surface area contributed by atoms with Crippen LogP contribution in [0.25, 0.3) is 11.0 Å². The highest BCUT2D eigenvalue weighted by atomic mass is 32.1. The van der Waals surface area contributed by atoms with Gasteiger partial charge in [0.05, 0.1) is 23.0 Å². The minimum atomic E-state index is -0.342. The third kappa shape index (κ3) is 2.80. The van der Waals surface area contributed by atoms with Gasteiger partial charge in [0.2, 0.25) is 0 Å². The van der Waals surface area contributed by atoms with E-state index in [0.29, 0.717) is 5.56 Å². The monoisotopic (exact) mass is 369 g/mol. The number of aromatic nitrogens is 4. The number of thiazole rings is 1. The first-order valence-corrected chi connectivity index (χ1v) is 9.98. The Bertz CT molecular complexity index is 968. The molecule has 3 heterocycles. The van der Waals surface area contributed by atoms with Gasteiger partial charge in [-0.3, -0.25) is 4.79 Å². The third-order valence-electron chi connectivity index (χ3n) is 5.18. The van der Waals surface area contributed by atoms with E-state index >= 15 is 0 Å². The molecule has 6 nitrogen and oxygen atoms in total. The molecule has 1 amide bonds. The molecule has 3 aromatic rings. The van der Waals surface area contributed by atoms with Gasteiger partial charge in [-0.25, -0.2) is 14.6 Å². The minimum absolute atomic E-state index is 0.0732. The normalized spacial score (nSPS) is 16.3. The maximum absolute atomic E-state index is 13.1. The molecule has 0 aromatic carbocycles. The molecule has 0 unspecified atom stereocenters. The van der Waals surface area contributed by atoms with Crippen molar-refractivity contribution in [1.29, 1.82) is 0 Å². The number of nitrogens with one attached hydrogen (secondary N) is 1. The molecule has 4 rings (SSSR count). The van der Waals surface area contributed by atoms with Gasteiger partial charge in [-0.2, -0.15) is 5.10 Å². The molecule has 136 valence electrons. The zero-order valence-electron chi connectivity index (χ0n) is 15.4. The zero-order chi connectivity index (χ0) is 18.3. The van der Waals surface area contributed by atoms with Crippen molar-refractivity contribution >= 4 is 28.3 Å². The summed E-state index contributed by atoms with van der Waals surface area (Å²) in [5, 5.41) is 11.6. The highest BCUT2D eigenvalue weighted by Crippen LogP contribution is 2.40. The van der Waals surface area contributed by atoms with Crippen LogP contribution < -0.4 is 5.32 Å². The summed E-state index contributed by atoms with van der Waals surface area (Å²) in [7, 11) is 0. The van der Waals surface area contributed by atoms with Crippen molar-refractivity contribution in [2.45, 2.75) is 58.5 Å². The number of amides is 1. The highest BCUT2D eigenvalue weighted by Gasteiger charge is 2.40. The van der Waals surface area contributed by atoms with Crippen LogP contribution in [-0.4, -0.2) is 25.7 Å². The molecule has 1 fully saturated rings. The second-order valence-electron chi connectivity index (χ2n) is 7.03. The number of nitrogens with zero attached hydrogens (tertiary/aromatic N) is 4. The molecule has 0 bridgehead atoms. The molecule has 0 atom stereocenters. The van der Waals surface area contributed by atoms with E-state index in [1.54, 1.807) is 17.5 Å². The van der Waals surface area contributed by atoms with Crippen molar-refractivity contribution in [3.05, 3.63) is 39.6 Å². The molecule has 26 heavy (non-hydrogen) atoms. The average Bonchev–Trinajstić information content (AvgIpc) is 3.34. The first-order chi connectivity index (χ1) is 12.5. The van der Waals surface area contributed by atoms with Crippen LogP contribution in [0.5, 0.6) is 0 Å². The Labute approximate surface area is 156 Å². The van der Waals surface area contributed by atoms with E-state index in [4.69, 9.17) is 0 Å². The maximum Gasteiger partial charge on any atom is 0.253 e. The summed E-state index contributed by atoms with van der Waals surface area (Å²) in [6.45, 7) is 6.67. The summed E-state index contributed by atoms with van der Waals surface area (Å²) in [6.07, 6.45) is 5.87. The largest absolute Gasteiger partial charge is 0.340 e. The standard InChI is InChI=1S/C19H23N5OS/c1-4-24-16-14(10-20-24)9-15(13(3)22-16)17(25)23-19(7-5-6-8-19)18-21-12(2)11-26-18/h9-11H,4-8H2,1-3H3,(H,23,25). The number of hydrogen-bond acceptors (Lipinski definition) is 5. The molecule has 0 aliphatic heterocycles. The lowest BCUT2D eigenvalue weighted by Gasteiger charge is -2.28. The van der Waals surface area contributed by atoms with E-state index < -0.39 is 0 Å². The molecule has 1 aliphatic carbocycles. The van der Waals surface area contributed by atoms with Crippen molar-refractivity contribution in [3.63, 3.8) is 0 Å². The van der Waals surface area contributed by atoms with Gasteiger partial charge < -0.3 is 5.32 Å². The number of rotatable bonds is 4. The second-order valence-corrected chi connectivity index (χ2v) is 7.89. The highest BCUT2D eigenvalue weighted by molar-refractivity contribution is 7.09. The Hall–Kier alpha value is -2.28. The smallest absolute Gasteiger partial charge is 0.253 e. The van der Waals surface area contributed by atoms with Crippen molar-refractivity contribution in [1.82, 2.24) is 25.1 Å². The summed E-state index contributed by atoms with van der Waals surface area (Å²) in [4.78, 5) is 22.4. The lowest BCUT2D eigenvalue weighted by molar-refractivity contribution is 0.0897. The van der Waals surface area contributed by atoms with E-state index in [2.05, 4.69) is 25.8 Å². The Morgan fingerprint density at radius 2 is 2.08 bits per heavy atom. The number of fused-ring (bicyclic) bond motifs is 1. The number of pyridine rings is 1. The Balaban J connectivity index is 1.69. The van der Waals surface area contributed by atoms with Gasteiger partial charge in [0.1, 0.15) is 5.01 Å². The number of carbonyl (C=O) groups excluding carboxylic acids is 1. The number of hydrogen-bond donors (Lipinski definition) is 1. The van der Waals surface area contributed by atoms with E-state index in [-0.39, 0.29) is 11.4 Å². The molecule has 0 spiro atoms. The molecule has 7 heteroatoms. The topological polar surface area (TPSA) is 72.7 Å². The Kier molecular flexibility index (Phi) is 4.26. The van der Waals surface area contributed by atoms with Crippen LogP contribution in [-0.2, 0) is 12.1 Å². The van der Waals surface area contributed by atoms with Gasteiger partial charge in [0.25, 0.3) is 5.91 Å². The van der Waals surface area contributed by atoms with Crippen molar-refractivity contribution in [2.75, 3.05) is 0 Å². The first-order valence-electron chi connectivity index (χ1n) is 9.11. The Morgan fingerprint density at radius 1 is 1.31 bits per heavy atom. The minimum Gasteiger partial charge on any atom is -0.340 e. The summed E-state index contributed by atoms with van der Waals surface area (Å²) in [6, 6.07) is 1.90. The molecule has 1 aliphatic rings. The fraction of sp³-hybridized carbons (Fsp3) is 0.474. The van der Waals surface area contributed by atoms with Crippen LogP contribution in [0.3, 0.4) is 0 Å². The van der Waals surface area contributed by atoms with Crippen LogP contribution in [0.1, 0.15) is 59.4 Å². The van der Waals surface area contributed by atoms with Gasteiger partial charge >= 0.3 is 0 Å². The molecule has 0 saturated heterocycles. The SMILES string of the molecule is CCn1ncc2cc(C(=O)NC3(c4nc(C)cs4)CCCC3)c(C)nc21. The predicted octanol–water partition coefficient (Wildman–Crippen LogP) is 3.72. The van der Waals surface area contributed by atoms with Gasteiger partial charge in [-0.15, -0.1) is 11.3 Å². The molecular weight excluding hydrogens is 346 g/mol. The van der Waals surface area contributed by atoms with Crippen LogP contribution >= 0.6 is 11.3 Å². The molecule has 3 aromatic heterocycles. The second kappa shape index (κ2) is 6.46. The van der Waals surface area contributed by atoms with E-state index in [1.807, 2.05) is 31.5 Å². The number of aryl methyl sites for hydroxylation is 3. The van der Waals surface area contributed by atoms with Crippen molar-refractivity contribution in [2.24, 2.45) is 0 Å². The first kappa shape index (κ1) is 17.1. The summed E-state index contributed by atoms with van der Waals surface area (Å²) in [5.41, 5.74) is 2.84. The van der Waals surface area contributed by atoms with Crippen LogP contribution in [0.4, 0.5) is 0 Å². The maximum atomic E-state index is 13.1. The lowest BCUT2D eigenvalue weighted by Crippen LogP contribution is -2.44. The van der Waals surface area contributed by atoms with Crippen molar-refractivity contribution < 1.29 is 4.79 Å². The molecule has 1 saturated carbocycles. The molecule has 0 radical (unpaired) electrons. The van der Waals surface area contributed by atoms with Gasteiger partial charge in [-0.05, 0) is 39.7 Å². The predicted molar refractivity (Wildman–Crippen MR) is 102 cm³/mol. The van der Waals surface area contributed by atoms with Crippen molar-refractivity contribution in [3.8, 4) is 0 Å². The summed E-state index contributed by atoms with van der Waals surface area (Å²) < 4.78 is 1.85. The van der Waals surface area contributed by atoms with E-state index in [1.165, 1.54) is 0 Å². The quantitative estimate of drug-likeness (QED) is 0.761. The van der Waals surface area contributed by atoms with E-state index in [9.17, 15) is 4.79 Å². The molecular formula is C19H23N5OS. The van der Waals surface area contributed by atoms with Gasteiger partial charge in [0, 0.05) is 23.0 Å². The third-order valence-corrected chi connectivity index (χ3v) is 6.35.